The summed E-state index contributed by atoms with van der Waals surface area (Å²) in [6.45, 7) is 7.85. The second kappa shape index (κ2) is 9.71. The fourth-order valence-electron chi connectivity index (χ4n) is 3.01. The van der Waals surface area contributed by atoms with Gasteiger partial charge < -0.3 is 10.6 Å². The monoisotopic (exact) mass is 377 g/mol. The molecule has 0 unspecified atom stereocenters. The third kappa shape index (κ3) is 5.20. The van der Waals surface area contributed by atoms with E-state index in [0.29, 0.717) is 12.2 Å². The van der Waals surface area contributed by atoms with E-state index in [1.54, 1.807) is 10.9 Å². The molecular weight excluding hydrogens is 350 g/mol. The van der Waals surface area contributed by atoms with Crippen molar-refractivity contribution in [1.82, 2.24) is 20.0 Å². The standard InChI is InChI=1S/C22H27N5O/c1-3-26(4-2)17-19-12-10-18(11-13-19)16-23-22(28)25-20-8-5-6-9-21(20)27-15-7-14-24-27/h5-15H,3-4,16-17H2,1-2H3,(H2,23,25,28). The number of nitrogens with one attached hydrogen (secondary N) is 2. The molecule has 0 saturated carbocycles. The Hall–Kier alpha value is -3.12. The van der Waals surface area contributed by atoms with Crippen LogP contribution >= 0.6 is 0 Å². The third-order valence-corrected chi connectivity index (χ3v) is 4.68. The quantitative estimate of drug-likeness (QED) is 0.623. The van der Waals surface area contributed by atoms with Crippen LogP contribution < -0.4 is 10.6 Å². The summed E-state index contributed by atoms with van der Waals surface area (Å²) in [5.74, 6) is 0. The van der Waals surface area contributed by atoms with Crippen LogP contribution in [0.5, 0.6) is 0 Å². The molecule has 0 atom stereocenters. The molecule has 0 spiro atoms. The van der Waals surface area contributed by atoms with Crippen molar-refractivity contribution < 1.29 is 4.79 Å². The average molecular weight is 377 g/mol. The Balaban J connectivity index is 1.55. The molecule has 0 radical (unpaired) electrons. The number of anilines is 1. The first-order valence-electron chi connectivity index (χ1n) is 9.63. The molecule has 0 aliphatic heterocycles. The molecule has 6 nitrogen and oxygen atoms in total. The molecule has 0 aliphatic rings. The zero-order valence-corrected chi connectivity index (χ0v) is 16.4. The van der Waals surface area contributed by atoms with Crippen LogP contribution in [0.4, 0.5) is 10.5 Å². The van der Waals surface area contributed by atoms with Gasteiger partial charge in [-0.25, -0.2) is 9.48 Å². The molecule has 1 aromatic heterocycles. The van der Waals surface area contributed by atoms with Crippen LogP contribution in [-0.2, 0) is 13.1 Å². The van der Waals surface area contributed by atoms with Crippen molar-refractivity contribution >= 4 is 11.7 Å². The number of hydrogen-bond acceptors (Lipinski definition) is 3. The summed E-state index contributed by atoms with van der Waals surface area (Å²) in [4.78, 5) is 14.7. The highest BCUT2D eigenvalue weighted by Crippen LogP contribution is 2.18. The number of para-hydroxylation sites is 2. The lowest BCUT2D eigenvalue weighted by molar-refractivity contribution is 0.251. The van der Waals surface area contributed by atoms with Gasteiger partial charge in [-0.3, -0.25) is 4.90 Å². The number of urea groups is 1. The van der Waals surface area contributed by atoms with E-state index in [0.717, 1.165) is 30.9 Å². The Morgan fingerprint density at radius 1 is 1.00 bits per heavy atom. The van der Waals surface area contributed by atoms with Crippen molar-refractivity contribution in [2.75, 3.05) is 18.4 Å². The minimum atomic E-state index is -0.244. The van der Waals surface area contributed by atoms with Crippen LogP contribution in [0.15, 0.2) is 67.0 Å². The van der Waals surface area contributed by atoms with E-state index in [2.05, 4.69) is 58.7 Å². The van der Waals surface area contributed by atoms with Crippen LogP contribution in [0.3, 0.4) is 0 Å². The maximum absolute atomic E-state index is 12.3. The lowest BCUT2D eigenvalue weighted by Gasteiger charge is -2.18. The van der Waals surface area contributed by atoms with Gasteiger partial charge in [0.15, 0.2) is 0 Å². The minimum Gasteiger partial charge on any atom is -0.334 e. The first-order valence-corrected chi connectivity index (χ1v) is 9.63. The van der Waals surface area contributed by atoms with Crippen molar-refractivity contribution in [2.45, 2.75) is 26.9 Å². The molecule has 2 aromatic carbocycles. The van der Waals surface area contributed by atoms with Gasteiger partial charge in [0, 0.05) is 25.5 Å². The van der Waals surface area contributed by atoms with Gasteiger partial charge in [-0.2, -0.15) is 5.10 Å². The highest BCUT2D eigenvalue weighted by Gasteiger charge is 2.08. The van der Waals surface area contributed by atoms with Gasteiger partial charge in [0.2, 0.25) is 0 Å². The number of benzene rings is 2. The molecule has 0 saturated heterocycles. The average Bonchev–Trinajstić information content (AvgIpc) is 3.26. The Morgan fingerprint density at radius 2 is 1.71 bits per heavy atom. The molecule has 2 amide bonds. The maximum atomic E-state index is 12.3. The third-order valence-electron chi connectivity index (χ3n) is 4.68. The number of aromatic nitrogens is 2. The number of hydrogen-bond donors (Lipinski definition) is 2. The summed E-state index contributed by atoms with van der Waals surface area (Å²) in [6, 6.07) is 17.6. The topological polar surface area (TPSA) is 62.2 Å². The fraction of sp³-hybridized carbons (Fsp3) is 0.273. The fourth-order valence-corrected chi connectivity index (χ4v) is 3.01. The predicted octanol–water partition coefficient (Wildman–Crippen LogP) is 4.04. The van der Waals surface area contributed by atoms with Gasteiger partial charge in [0.05, 0.1) is 11.4 Å². The van der Waals surface area contributed by atoms with E-state index >= 15 is 0 Å². The Kier molecular flexibility index (Phi) is 6.81. The van der Waals surface area contributed by atoms with Gasteiger partial charge in [0.25, 0.3) is 0 Å². The minimum absolute atomic E-state index is 0.244. The van der Waals surface area contributed by atoms with E-state index in [4.69, 9.17) is 0 Å². The van der Waals surface area contributed by atoms with Gasteiger partial charge >= 0.3 is 6.03 Å². The van der Waals surface area contributed by atoms with Crippen LogP contribution in [0.25, 0.3) is 5.69 Å². The summed E-state index contributed by atoms with van der Waals surface area (Å²) in [5.41, 5.74) is 3.88. The number of carbonyl (C=O) groups is 1. The molecule has 0 aliphatic carbocycles. The highest BCUT2D eigenvalue weighted by molar-refractivity contribution is 5.91. The summed E-state index contributed by atoms with van der Waals surface area (Å²) in [6.07, 6.45) is 3.55. The normalized spacial score (nSPS) is 10.8. The number of nitrogens with zero attached hydrogens (tertiary/aromatic N) is 3. The molecule has 28 heavy (non-hydrogen) atoms. The summed E-state index contributed by atoms with van der Waals surface area (Å²) >= 11 is 0. The first kappa shape index (κ1) is 19.6. The smallest absolute Gasteiger partial charge is 0.319 e. The zero-order valence-electron chi connectivity index (χ0n) is 16.4. The van der Waals surface area contributed by atoms with E-state index in [9.17, 15) is 4.79 Å². The van der Waals surface area contributed by atoms with Gasteiger partial charge in [-0.05, 0) is 42.4 Å². The Morgan fingerprint density at radius 3 is 2.39 bits per heavy atom. The van der Waals surface area contributed by atoms with E-state index in [-0.39, 0.29) is 6.03 Å². The molecule has 3 aromatic rings. The molecule has 146 valence electrons. The molecule has 1 heterocycles. The van der Waals surface area contributed by atoms with Crippen molar-refractivity contribution in [3.05, 3.63) is 78.1 Å². The number of carbonyl (C=O) groups excluding carboxylic acids is 1. The van der Waals surface area contributed by atoms with Crippen LogP contribution in [0.1, 0.15) is 25.0 Å². The van der Waals surface area contributed by atoms with E-state index < -0.39 is 0 Å². The van der Waals surface area contributed by atoms with Crippen LogP contribution in [-0.4, -0.2) is 33.8 Å². The van der Waals surface area contributed by atoms with E-state index in [1.165, 1.54) is 5.56 Å². The zero-order chi connectivity index (χ0) is 19.8. The summed E-state index contributed by atoms with van der Waals surface area (Å²) < 4.78 is 1.73. The molecule has 0 fully saturated rings. The molecule has 0 bridgehead atoms. The van der Waals surface area contributed by atoms with Crippen molar-refractivity contribution in [1.29, 1.82) is 0 Å². The lowest BCUT2D eigenvalue weighted by atomic mass is 10.1. The van der Waals surface area contributed by atoms with Crippen LogP contribution in [0, 0.1) is 0 Å². The number of rotatable bonds is 8. The first-order chi connectivity index (χ1) is 13.7. The molecule has 3 rings (SSSR count). The van der Waals surface area contributed by atoms with Crippen molar-refractivity contribution in [3.8, 4) is 5.69 Å². The second-order valence-corrected chi connectivity index (χ2v) is 6.55. The van der Waals surface area contributed by atoms with Crippen molar-refractivity contribution in [2.24, 2.45) is 0 Å². The van der Waals surface area contributed by atoms with Crippen LogP contribution in [0.2, 0.25) is 0 Å². The largest absolute Gasteiger partial charge is 0.334 e. The molecule has 6 heteroatoms. The molecular formula is C22H27N5O. The SMILES string of the molecule is CCN(CC)Cc1ccc(CNC(=O)Nc2ccccc2-n2cccn2)cc1. The maximum Gasteiger partial charge on any atom is 0.319 e. The second-order valence-electron chi connectivity index (χ2n) is 6.55. The lowest BCUT2D eigenvalue weighted by Crippen LogP contribution is -2.28. The summed E-state index contributed by atoms with van der Waals surface area (Å²) in [7, 11) is 0. The summed E-state index contributed by atoms with van der Waals surface area (Å²) in [5, 5.41) is 10.0. The van der Waals surface area contributed by atoms with Gasteiger partial charge in [-0.15, -0.1) is 0 Å². The number of amides is 2. The Labute approximate surface area is 166 Å². The van der Waals surface area contributed by atoms with Crippen molar-refractivity contribution in [3.63, 3.8) is 0 Å². The van der Waals surface area contributed by atoms with Gasteiger partial charge in [-0.1, -0.05) is 50.2 Å². The predicted molar refractivity (Wildman–Crippen MR) is 112 cm³/mol. The Bertz CT molecular complexity index is 870. The van der Waals surface area contributed by atoms with E-state index in [1.807, 2.05) is 36.5 Å². The highest BCUT2D eigenvalue weighted by atomic mass is 16.2. The van der Waals surface area contributed by atoms with Gasteiger partial charge in [0.1, 0.15) is 0 Å². The molecule has 2 N–H and O–H groups in total.